The molecule has 1 atom stereocenters. The molecule has 0 fully saturated rings. The van der Waals surface area contributed by atoms with Crippen LogP contribution < -0.4 is 0 Å². The van der Waals surface area contributed by atoms with Crippen molar-refractivity contribution in [2.24, 2.45) is 5.92 Å². The third-order valence-corrected chi connectivity index (χ3v) is 3.32. The smallest absolute Gasteiger partial charge is 0.0462 e. The zero-order valence-corrected chi connectivity index (χ0v) is 10.5. The Kier molecular flexibility index (Phi) is 6.15. The summed E-state index contributed by atoms with van der Waals surface area (Å²) in [4.78, 5) is 0. The Morgan fingerprint density at radius 3 is 2.53 bits per heavy atom. The highest BCUT2D eigenvalue weighted by Crippen LogP contribution is 2.16. The molecule has 0 amide bonds. The summed E-state index contributed by atoms with van der Waals surface area (Å²) < 4.78 is 0. The fraction of sp³-hybridized carbons (Fsp3) is 0.500. The molecule has 0 aliphatic carbocycles. The van der Waals surface area contributed by atoms with Crippen LogP contribution in [0, 0.1) is 5.92 Å². The Hall–Kier alpha value is -0.180. The molecule has 0 radical (unpaired) electrons. The first kappa shape index (κ1) is 12.9. The lowest BCUT2D eigenvalue weighted by Crippen LogP contribution is -2.10. The minimum absolute atomic E-state index is 0.267. The zero-order valence-electron chi connectivity index (χ0n) is 8.95. The van der Waals surface area contributed by atoms with Gasteiger partial charge >= 0.3 is 0 Å². The Morgan fingerprint density at radius 2 is 2.00 bits per heavy atom. The second kappa shape index (κ2) is 7.15. The monoisotopic (exact) mass is 244 g/mol. The van der Waals surface area contributed by atoms with E-state index in [1.54, 1.807) is 0 Å². The van der Waals surface area contributed by atoms with E-state index in [9.17, 15) is 5.11 Å². The van der Waals surface area contributed by atoms with Crippen molar-refractivity contribution < 1.29 is 5.11 Å². The van der Waals surface area contributed by atoms with Crippen LogP contribution in [0.4, 0.5) is 0 Å². The van der Waals surface area contributed by atoms with Gasteiger partial charge in [0, 0.05) is 11.6 Å². The van der Waals surface area contributed by atoms with Crippen molar-refractivity contribution in [3.63, 3.8) is 0 Å². The van der Waals surface area contributed by atoms with E-state index in [1.807, 2.05) is 36.0 Å². The van der Waals surface area contributed by atoms with E-state index in [2.05, 4.69) is 6.26 Å². The summed E-state index contributed by atoms with van der Waals surface area (Å²) in [5.41, 5.74) is 1.25. The molecule has 0 heterocycles. The maximum absolute atomic E-state index is 9.23. The van der Waals surface area contributed by atoms with Crippen LogP contribution in [0.1, 0.15) is 12.0 Å². The van der Waals surface area contributed by atoms with Gasteiger partial charge in [0.15, 0.2) is 0 Å². The summed E-state index contributed by atoms with van der Waals surface area (Å²) >= 11 is 7.64. The van der Waals surface area contributed by atoms with Gasteiger partial charge in [0.05, 0.1) is 0 Å². The highest BCUT2D eigenvalue weighted by molar-refractivity contribution is 7.98. The minimum atomic E-state index is 0.267. The van der Waals surface area contributed by atoms with Gasteiger partial charge in [-0.15, -0.1) is 0 Å². The Bertz CT molecular complexity index is 273. The fourth-order valence-corrected chi connectivity index (χ4v) is 2.19. The van der Waals surface area contributed by atoms with Crippen molar-refractivity contribution in [1.29, 1.82) is 0 Å². The third kappa shape index (κ3) is 4.92. The van der Waals surface area contributed by atoms with Crippen LogP contribution in [0.2, 0.25) is 5.02 Å². The molecule has 0 bridgehead atoms. The van der Waals surface area contributed by atoms with Crippen LogP contribution in [0.5, 0.6) is 0 Å². The normalized spacial score (nSPS) is 12.7. The highest BCUT2D eigenvalue weighted by Gasteiger charge is 2.07. The first-order valence-electron chi connectivity index (χ1n) is 5.10. The molecule has 0 saturated heterocycles. The molecular weight excluding hydrogens is 228 g/mol. The van der Waals surface area contributed by atoms with Gasteiger partial charge < -0.3 is 5.11 Å². The number of hydrogen-bond donors (Lipinski definition) is 1. The zero-order chi connectivity index (χ0) is 11.1. The van der Waals surface area contributed by atoms with Gasteiger partial charge in [-0.25, -0.2) is 0 Å². The highest BCUT2D eigenvalue weighted by atomic mass is 35.5. The van der Waals surface area contributed by atoms with E-state index in [4.69, 9.17) is 11.6 Å². The molecule has 0 aliphatic heterocycles. The molecule has 1 aromatic carbocycles. The fourth-order valence-electron chi connectivity index (χ4n) is 1.50. The number of thioether (sulfide) groups is 1. The van der Waals surface area contributed by atoms with Crippen molar-refractivity contribution in [2.75, 3.05) is 18.6 Å². The summed E-state index contributed by atoms with van der Waals surface area (Å²) in [6, 6.07) is 7.87. The van der Waals surface area contributed by atoms with Gasteiger partial charge in [-0.05, 0) is 48.5 Å². The molecule has 0 saturated carbocycles. The molecule has 3 heteroatoms. The number of halogens is 1. The largest absolute Gasteiger partial charge is 0.396 e. The summed E-state index contributed by atoms with van der Waals surface area (Å²) in [5, 5.41) is 10.0. The van der Waals surface area contributed by atoms with Gasteiger partial charge in [-0.1, -0.05) is 23.7 Å². The molecule has 1 rings (SSSR count). The predicted octanol–water partition coefficient (Wildman–Crippen LogP) is 3.24. The van der Waals surface area contributed by atoms with Gasteiger partial charge in [0.1, 0.15) is 0 Å². The van der Waals surface area contributed by atoms with Crippen LogP contribution in [0.25, 0.3) is 0 Å². The van der Waals surface area contributed by atoms with E-state index in [0.29, 0.717) is 5.92 Å². The first-order valence-corrected chi connectivity index (χ1v) is 6.87. The summed E-state index contributed by atoms with van der Waals surface area (Å²) in [5.74, 6) is 1.48. The van der Waals surface area contributed by atoms with Crippen molar-refractivity contribution in [1.82, 2.24) is 0 Å². The van der Waals surface area contributed by atoms with E-state index >= 15 is 0 Å². The van der Waals surface area contributed by atoms with Crippen LogP contribution >= 0.6 is 23.4 Å². The molecule has 0 aromatic heterocycles. The van der Waals surface area contributed by atoms with Gasteiger partial charge in [-0.2, -0.15) is 11.8 Å². The van der Waals surface area contributed by atoms with E-state index in [-0.39, 0.29) is 6.61 Å². The van der Waals surface area contributed by atoms with Gasteiger partial charge in [-0.3, -0.25) is 0 Å². The molecule has 1 unspecified atom stereocenters. The molecule has 15 heavy (non-hydrogen) atoms. The number of aliphatic hydroxyl groups excluding tert-OH is 1. The Balaban J connectivity index is 2.47. The molecule has 1 aromatic rings. The maximum atomic E-state index is 9.23. The Labute approximate surface area is 101 Å². The number of rotatable bonds is 6. The lowest BCUT2D eigenvalue weighted by molar-refractivity contribution is 0.223. The van der Waals surface area contributed by atoms with E-state index in [0.717, 1.165) is 23.6 Å². The topological polar surface area (TPSA) is 20.2 Å². The number of aliphatic hydroxyl groups is 1. The number of benzene rings is 1. The SMILES string of the molecule is CSCCC(CO)Cc1ccc(Cl)cc1. The first-order chi connectivity index (χ1) is 7.26. The average molecular weight is 245 g/mol. The van der Waals surface area contributed by atoms with Gasteiger partial charge in [0.25, 0.3) is 0 Å². The van der Waals surface area contributed by atoms with Crippen LogP contribution in [-0.4, -0.2) is 23.7 Å². The second-order valence-electron chi connectivity index (χ2n) is 3.66. The quantitative estimate of drug-likeness (QED) is 0.829. The predicted molar refractivity (Wildman–Crippen MR) is 68.7 cm³/mol. The molecule has 0 spiro atoms. The summed E-state index contributed by atoms with van der Waals surface area (Å²) in [6.07, 6.45) is 4.10. The van der Waals surface area contributed by atoms with E-state index in [1.165, 1.54) is 5.56 Å². The van der Waals surface area contributed by atoms with Crippen molar-refractivity contribution in [3.8, 4) is 0 Å². The van der Waals surface area contributed by atoms with Crippen LogP contribution in [-0.2, 0) is 6.42 Å². The van der Waals surface area contributed by atoms with Crippen molar-refractivity contribution >= 4 is 23.4 Å². The van der Waals surface area contributed by atoms with Crippen LogP contribution in [0.15, 0.2) is 24.3 Å². The standard InChI is InChI=1S/C12H17ClOS/c1-15-7-6-11(9-14)8-10-2-4-12(13)5-3-10/h2-5,11,14H,6-9H2,1H3. The molecule has 0 aliphatic rings. The second-order valence-corrected chi connectivity index (χ2v) is 5.08. The third-order valence-electron chi connectivity index (χ3n) is 2.43. The van der Waals surface area contributed by atoms with E-state index < -0.39 is 0 Å². The molecular formula is C12H17ClOS. The molecule has 1 N–H and O–H groups in total. The molecule has 1 nitrogen and oxygen atoms in total. The summed E-state index contributed by atoms with van der Waals surface area (Å²) in [6.45, 7) is 0.267. The average Bonchev–Trinajstić information content (AvgIpc) is 2.27. The molecule has 84 valence electrons. The Morgan fingerprint density at radius 1 is 1.33 bits per heavy atom. The van der Waals surface area contributed by atoms with Crippen molar-refractivity contribution in [3.05, 3.63) is 34.9 Å². The minimum Gasteiger partial charge on any atom is -0.396 e. The maximum Gasteiger partial charge on any atom is 0.0462 e. The summed E-state index contributed by atoms with van der Waals surface area (Å²) in [7, 11) is 0. The lowest BCUT2D eigenvalue weighted by atomic mass is 9.98. The van der Waals surface area contributed by atoms with Crippen molar-refractivity contribution in [2.45, 2.75) is 12.8 Å². The van der Waals surface area contributed by atoms with Gasteiger partial charge in [0.2, 0.25) is 0 Å². The van der Waals surface area contributed by atoms with Crippen LogP contribution in [0.3, 0.4) is 0 Å². The number of hydrogen-bond acceptors (Lipinski definition) is 2. The lowest BCUT2D eigenvalue weighted by Gasteiger charge is -2.13.